The predicted octanol–water partition coefficient (Wildman–Crippen LogP) is 1.92. The summed E-state index contributed by atoms with van der Waals surface area (Å²) in [5.41, 5.74) is 6.99. The monoisotopic (exact) mass is 262 g/mol. The van der Waals surface area contributed by atoms with E-state index in [1.807, 2.05) is 36.1 Å². The van der Waals surface area contributed by atoms with Crippen molar-refractivity contribution in [1.29, 1.82) is 0 Å². The van der Waals surface area contributed by atoms with Gasteiger partial charge in [-0.15, -0.1) is 0 Å². The number of ether oxygens (including phenoxy) is 1. The summed E-state index contributed by atoms with van der Waals surface area (Å²) in [5.74, 6) is 0.902. The van der Waals surface area contributed by atoms with E-state index in [-0.39, 0.29) is 11.9 Å². The van der Waals surface area contributed by atoms with Gasteiger partial charge in [-0.1, -0.05) is 19.1 Å². The molecule has 1 atom stereocenters. The van der Waals surface area contributed by atoms with Gasteiger partial charge in [-0.05, 0) is 37.0 Å². The van der Waals surface area contributed by atoms with E-state index in [4.69, 9.17) is 10.5 Å². The van der Waals surface area contributed by atoms with E-state index in [2.05, 4.69) is 0 Å². The molecule has 4 heteroatoms. The van der Waals surface area contributed by atoms with E-state index in [0.29, 0.717) is 19.0 Å². The van der Waals surface area contributed by atoms with Crippen molar-refractivity contribution in [2.24, 2.45) is 5.73 Å². The first-order chi connectivity index (χ1) is 9.15. The molecule has 1 fully saturated rings. The van der Waals surface area contributed by atoms with Gasteiger partial charge in [-0.3, -0.25) is 4.79 Å². The highest BCUT2D eigenvalue weighted by Crippen LogP contribution is 2.29. The predicted molar refractivity (Wildman–Crippen MR) is 74.8 cm³/mol. The molecule has 0 aliphatic heterocycles. The minimum Gasteiger partial charge on any atom is -0.497 e. The second kappa shape index (κ2) is 6.06. The highest BCUT2D eigenvalue weighted by molar-refractivity contribution is 5.82. The van der Waals surface area contributed by atoms with Gasteiger partial charge in [0.2, 0.25) is 5.91 Å². The fraction of sp³-hybridized carbons (Fsp3) is 0.533. The van der Waals surface area contributed by atoms with Crippen molar-refractivity contribution in [3.05, 3.63) is 29.8 Å². The van der Waals surface area contributed by atoms with Crippen molar-refractivity contribution in [2.75, 3.05) is 7.11 Å². The summed E-state index contributed by atoms with van der Waals surface area (Å²) in [7, 11) is 1.65. The molecule has 2 rings (SSSR count). The SMILES string of the molecule is CC[C@@H](N)C(=O)N(Cc1ccc(OC)cc1)C1CC1. The molecule has 0 saturated heterocycles. The lowest BCUT2D eigenvalue weighted by Crippen LogP contribution is -2.44. The van der Waals surface area contributed by atoms with Gasteiger partial charge in [-0.2, -0.15) is 0 Å². The molecule has 1 aromatic rings. The van der Waals surface area contributed by atoms with Gasteiger partial charge in [-0.25, -0.2) is 0 Å². The molecule has 4 nitrogen and oxygen atoms in total. The molecular formula is C15H22N2O2. The molecule has 0 unspecified atom stereocenters. The van der Waals surface area contributed by atoms with Gasteiger partial charge in [0, 0.05) is 12.6 Å². The number of carbonyl (C=O) groups excluding carboxylic acids is 1. The van der Waals surface area contributed by atoms with Crippen LogP contribution in [0.25, 0.3) is 0 Å². The Morgan fingerprint density at radius 3 is 2.53 bits per heavy atom. The van der Waals surface area contributed by atoms with Gasteiger partial charge < -0.3 is 15.4 Å². The van der Waals surface area contributed by atoms with Crippen LogP contribution >= 0.6 is 0 Å². The van der Waals surface area contributed by atoms with E-state index < -0.39 is 0 Å². The number of carbonyl (C=O) groups is 1. The standard InChI is InChI=1S/C15H22N2O2/c1-3-14(16)15(18)17(12-6-7-12)10-11-4-8-13(19-2)9-5-11/h4-5,8-9,12,14H,3,6-7,10,16H2,1-2H3/t14-/m1/s1. The molecular weight excluding hydrogens is 240 g/mol. The van der Waals surface area contributed by atoms with Gasteiger partial charge in [0.1, 0.15) is 5.75 Å². The van der Waals surface area contributed by atoms with Crippen LogP contribution in [0.3, 0.4) is 0 Å². The highest BCUT2D eigenvalue weighted by atomic mass is 16.5. The Kier molecular flexibility index (Phi) is 4.43. The average molecular weight is 262 g/mol. The molecule has 0 radical (unpaired) electrons. The lowest BCUT2D eigenvalue weighted by atomic mass is 10.1. The lowest BCUT2D eigenvalue weighted by molar-refractivity contribution is -0.133. The first-order valence-corrected chi connectivity index (χ1v) is 6.84. The number of methoxy groups -OCH3 is 1. The number of nitrogens with two attached hydrogens (primary N) is 1. The van der Waals surface area contributed by atoms with Crippen LogP contribution in [0.4, 0.5) is 0 Å². The van der Waals surface area contributed by atoms with Crippen molar-refractivity contribution in [2.45, 2.75) is 44.8 Å². The quantitative estimate of drug-likeness (QED) is 0.852. The van der Waals surface area contributed by atoms with E-state index in [1.54, 1.807) is 7.11 Å². The van der Waals surface area contributed by atoms with E-state index in [0.717, 1.165) is 24.2 Å². The number of hydrogen-bond acceptors (Lipinski definition) is 3. The van der Waals surface area contributed by atoms with Crippen LogP contribution in [-0.2, 0) is 11.3 Å². The van der Waals surface area contributed by atoms with Crippen LogP contribution < -0.4 is 10.5 Å². The van der Waals surface area contributed by atoms with Crippen LogP contribution in [0, 0.1) is 0 Å². The number of nitrogens with zero attached hydrogens (tertiary/aromatic N) is 1. The van der Waals surface area contributed by atoms with Crippen LogP contribution in [-0.4, -0.2) is 30.0 Å². The Morgan fingerprint density at radius 2 is 2.05 bits per heavy atom. The molecule has 0 spiro atoms. The first-order valence-electron chi connectivity index (χ1n) is 6.84. The van der Waals surface area contributed by atoms with Crippen LogP contribution in [0.5, 0.6) is 5.75 Å². The van der Waals surface area contributed by atoms with Crippen molar-refractivity contribution < 1.29 is 9.53 Å². The van der Waals surface area contributed by atoms with Crippen molar-refractivity contribution in [1.82, 2.24) is 4.90 Å². The van der Waals surface area contributed by atoms with Gasteiger partial charge in [0.15, 0.2) is 0 Å². The van der Waals surface area contributed by atoms with Crippen molar-refractivity contribution >= 4 is 5.91 Å². The fourth-order valence-corrected chi connectivity index (χ4v) is 2.09. The summed E-state index contributed by atoms with van der Waals surface area (Å²) >= 11 is 0. The molecule has 19 heavy (non-hydrogen) atoms. The van der Waals surface area contributed by atoms with E-state index in [9.17, 15) is 4.79 Å². The largest absolute Gasteiger partial charge is 0.497 e. The minimum absolute atomic E-state index is 0.0702. The van der Waals surface area contributed by atoms with Gasteiger partial charge in [0.05, 0.1) is 13.2 Å². The second-order valence-electron chi connectivity index (χ2n) is 5.06. The molecule has 0 aromatic heterocycles. The Labute approximate surface area is 114 Å². The summed E-state index contributed by atoms with van der Waals surface area (Å²) in [6.07, 6.45) is 2.88. The zero-order chi connectivity index (χ0) is 13.8. The molecule has 104 valence electrons. The van der Waals surface area contributed by atoms with Crippen LogP contribution in [0.15, 0.2) is 24.3 Å². The normalized spacial score (nSPS) is 15.9. The summed E-state index contributed by atoms with van der Waals surface area (Å²) in [5, 5.41) is 0. The maximum Gasteiger partial charge on any atom is 0.240 e. The highest BCUT2D eigenvalue weighted by Gasteiger charge is 2.34. The average Bonchev–Trinajstić information content (AvgIpc) is 3.28. The molecule has 1 aromatic carbocycles. The molecule has 1 aliphatic carbocycles. The maximum atomic E-state index is 12.3. The number of hydrogen-bond donors (Lipinski definition) is 1. The smallest absolute Gasteiger partial charge is 0.240 e. The Balaban J connectivity index is 2.05. The van der Waals surface area contributed by atoms with E-state index >= 15 is 0 Å². The summed E-state index contributed by atoms with van der Waals surface area (Å²) in [6, 6.07) is 7.85. The number of benzene rings is 1. The zero-order valence-electron chi connectivity index (χ0n) is 11.6. The second-order valence-corrected chi connectivity index (χ2v) is 5.06. The Morgan fingerprint density at radius 1 is 1.42 bits per heavy atom. The Hall–Kier alpha value is -1.55. The third-order valence-electron chi connectivity index (χ3n) is 3.54. The van der Waals surface area contributed by atoms with Crippen molar-refractivity contribution in [3.8, 4) is 5.75 Å². The van der Waals surface area contributed by atoms with Crippen LogP contribution in [0.2, 0.25) is 0 Å². The summed E-state index contributed by atoms with van der Waals surface area (Å²) in [4.78, 5) is 14.2. The molecule has 0 bridgehead atoms. The summed E-state index contributed by atoms with van der Waals surface area (Å²) < 4.78 is 5.14. The van der Waals surface area contributed by atoms with E-state index in [1.165, 1.54) is 0 Å². The topological polar surface area (TPSA) is 55.6 Å². The first kappa shape index (κ1) is 13.9. The third-order valence-corrected chi connectivity index (χ3v) is 3.54. The van der Waals surface area contributed by atoms with Gasteiger partial charge >= 0.3 is 0 Å². The number of rotatable bonds is 6. The minimum atomic E-state index is -0.376. The number of amides is 1. The molecule has 0 heterocycles. The molecule has 1 saturated carbocycles. The molecule has 1 amide bonds. The fourth-order valence-electron chi connectivity index (χ4n) is 2.09. The van der Waals surface area contributed by atoms with Crippen LogP contribution in [0.1, 0.15) is 31.7 Å². The van der Waals surface area contributed by atoms with Crippen molar-refractivity contribution in [3.63, 3.8) is 0 Å². The summed E-state index contributed by atoms with van der Waals surface area (Å²) in [6.45, 7) is 2.59. The molecule has 2 N–H and O–H groups in total. The maximum absolute atomic E-state index is 12.3. The Bertz CT molecular complexity index is 426. The zero-order valence-corrected chi connectivity index (χ0v) is 11.6. The molecule has 1 aliphatic rings. The lowest BCUT2D eigenvalue weighted by Gasteiger charge is -2.25. The van der Waals surface area contributed by atoms with Gasteiger partial charge in [0.25, 0.3) is 0 Å². The third kappa shape index (κ3) is 3.47.